The second-order valence-electron chi connectivity index (χ2n) is 9.45. The van der Waals surface area contributed by atoms with Gasteiger partial charge in [-0.15, -0.1) is 11.3 Å². The van der Waals surface area contributed by atoms with Gasteiger partial charge in [-0.25, -0.2) is 4.79 Å². The van der Waals surface area contributed by atoms with E-state index in [1.165, 1.54) is 15.3 Å². The third-order valence-corrected chi connectivity index (χ3v) is 8.11. The van der Waals surface area contributed by atoms with Crippen LogP contribution in [-0.4, -0.2) is 32.1 Å². The molecule has 6 rings (SSSR count). The molecule has 37 heavy (non-hydrogen) atoms. The lowest BCUT2D eigenvalue weighted by atomic mass is 10.0. The van der Waals surface area contributed by atoms with Gasteiger partial charge in [-0.2, -0.15) is 0 Å². The summed E-state index contributed by atoms with van der Waals surface area (Å²) in [7, 11) is 2.18. The van der Waals surface area contributed by atoms with E-state index in [0.29, 0.717) is 23.7 Å². The summed E-state index contributed by atoms with van der Waals surface area (Å²) in [5, 5.41) is 9.32. The molecule has 7 nitrogen and oxygen atoms in total. The Hall–Kier alpha value is -3.88. The van der Waals surface area contributed by atoms with Crippen LogP contribution in [0.2, 0.25) is 0 Å². The number of carbonyl (C=O) groups excluding carboxylic acids is 2. The Morgan fingerprint density at radius 3 is 2.78 bits per heavy atom. The highest BCUT2D eigenvalue weighted by Gasteiger charge is 2.34. The Bertz CT molecular complexity index is 1520. The van der Waals surface area contributed by atoms with Crippen molar-refractivity contribution in [2.75, 3.05) is 25.5 Å². The van der Waals surface area contributed by atoms with Gasteiger partial charge >= 0.3 is 5.97 Å². The number of fused-ring (bicyclic) bond motifs is 4. The van der Waals surface area contributed by atoms with E-state index in [0.717, 1.165) is 46.4 Å². The number of esters is 1. The molecule has 2 atom stereocenters. The summed E-state index contributed by atoms with van der Waals surface area (Å²) in [4.78, 5) is 29.0. The summed E-state index contributed by atoms with van der Waals surface area (Å²) >= 11 is 1.67. The Morgan fingerprint density at radius 1 is 1.08 bits per heavy atom. The van der Waals surface area contributed by atoms with Crippen LogP contribution < -0.4 is 25.0 Å². The molecule has 1 aromatic heterocycles. The average Bonchev–Trinajstić information content (AvgIpc) is 3.27. The van der Waals surface area contributed by atoms with Crippen molar-refractivity contribution < 1.29 is 24.0 Å². The van der Waals surface area contributed by atoms with Gasteiger partial charge in [0.15, 0.2) is 11.5 Å². The Labute approximate surface area is 219 Å². The zero-order chi connectivity index (χ0) is 25.5. The van der Waals surface area contributed by atoms with Crippen LogP contribution in [0.1, 0.15) is 49.8 Å². The van der Waals surface area contributed by atoms with E-state index >= 15 is 0 Å². The summed E-state index contributed by atoms with van der Waals surface area (Å²) in [6, 6.07) is 18.7. The summed E-state index contributed by atoms with van der Waals surface area (Å²) in [5.74, 6) is 0.283. The van der Waals surface area contributed by atoms with Crippen LogP contribution in [0.25, 0.3) is 10.8 Å². The molecule has 0 aliphatic carbocycles. The first-order chi connectivity index (χ1) is 18.0. The lowest BCUT2D eigenvalue weighted by Crippen LogP contribution is -3.08. The van der Waals surface area contributed by atoms with Gasteiger partial charge in [-0.1, -0.05) is 42.5 Å². The summed E-state index contributed by atoms with van der Waals surface area (Å²) in [6.07, 6.45) is 0.505. The maximum Gasteiger partial charge on any atom is 0.344 e. The van der Waals surface area contributed by atoms with E-state index in [1.807, 2.05) is 55.5 Å². The minimum atomic E-state index is -0.449. The first-order valence-electron chi connectivity index (χ1n) is 12.5. The van der Waals surface area contributed by atoms with E-state index in [1.54, 1.807) is 23.5 Å². The fraction of sp³-hybridized carbons (Fsp3) is 0.241. The SMILES string of the molecule is CCOc1cc([C@@H]2NC(=O)c3c(sc4c3CC[NH+](C)C4)N2)ccc1OC(=O)c1cccc2ccccc12. The largest absolute Gasteiger partial charge is 0.490 e. The van der Waals surface area contributed by atoms with Crippen LogP contribution >= 0.6 is 11.3 Å². The minimum absolute atomic E-state index is 0.0553. The maximum atomic E-state index is 13.1. The number of likely N-dealkylation sites (N-methyl/N-ethyl adjacent to an activating group) is 1. The number of carbonyl (C=O) groups is 2. The number of anilines is 1. The molecule has 4 aromatic rings. The molecule has 0 bridgehead atoms. The van der Waals surface area contributed by atoms with Crippen molar-refractivity contribution in [3.63, 3.8) is 0 Å². The van der Waals surface area contributed by atoms with Crippen molar-refractivity contribution in [2.45, 2.75) is 26.1 Å². The number of amides is 1. The normalized spacial score (nSPS) is 18.4. The van der Waals surface area contributed by atoms with Crippen molar-refractivity contribution >= 4 is 39.0 Å². The molecule has 0 radical (unpaired) electrons. The van der Waals surface area contributed by atoms with Crippen molar-refractivity contribution in [3.05, 3.63) is 87.8 Å². The predicted octanol–water partition coefficient (Wildman–Crippen LogP) is 3.94. The second kappa shape index (κ2) is 9.53. The average molecular weight is 515 g/mol. The van der Waals surface area contributed by atoms with Gasteiger partial charge in [0.2, 0.25) is 0 Å². The monoisotopic (exact) mass is 514 g/mol. The lowest BCUT2D eigenvalue weighted by molar-refractivity contribution is -0.895. The van der Waals surface area contributed by atoms with Crippen LogP contribution in [0.3, 0.4) is 0 Å². The van der Waals surface area contributed by atoms with Crippen molar-refractivity contribution in [2.24, 2.45) is 0 Å². The van der Waals surface area contributed by atoms with Crippen molar-refractivity contribution in [1.29, 1.82) is 0 Å². The first kappa shape index (κ1) is 23.5. The predicted molar refractivity (Wildman–Crippen MR) is 144 cm³/mol. The summed E-state index contributed by atoms with van der Waals surface area (Å²) < 4.78 is 11.7. The third kappa shape index (κ3) is 4.32. The molecule has 1 amide bonds. The van der Waals surface area contributed by atoms with Gasteiger partial charge in [0, 0.05) is 6.42 Å². The van der Waals surface area contributed by atoms with Gasteiger partial charge in [0.05, 0.1) is 36.2 Å². The molecule has 188 valence electrons. The Kier molecular flexibility index (Phi) is 6.06. The zero-order valence-corrected chi connectivity index (χ0v) is 21.5. The minimum Gasteiger partial charge on any atom is -0.490 e. The molecule has 3 N–H and O–H groups in total. The van der Waals surface area contributed by atoms with Gasteiger partial charge in [0.25, 0.3) is 5.91 Å². The molecule has 3 heterocycles. The smallest absolute Gasteiger partial charge is 0.344 e. The molecule has 0 saturated carbocycles. The van der Waals surface area contributed by atoms with Crippen molar-refractivity contribution in [3.8, 4) is 11.5 Å². The van der Waals surface area contributed by atoms with Crippen LogP contribution in [0, 0.1) is 0 Å². The van der Waals surface area contributed by atoms with E-state index in [2.05, 4.69) is 17.7 Å². The van der Waals surface area contributed by atoms with E-state index < -0.39 is 12.1 Å². The standard InChI is InChI=1S/C29H27N3O4S/c1-3-35-23-15-18(26-30-27(33)25-21-13-14-32(2)16-24(21)37-28(25)31-26)11-12-22(23)36-29(34)20-10-6-8-17-7-4-5-9-19(17)20/h4-12,15,26,31H,3,13-14,16H2,1-2H3,(H,30,33)/p+1/t26-/m1/s1. The molecule has 1 unspecified atom stereocenters. The number of hydrogen-bond acceptors (Lipinski definition) is 6. The number of quaternary nitrogens is 1. The molecule has 0 spiro atoms. The first-order valence-corrected chi connectivity index (χ1v) is 13.3. The highest BCUT2D eigenvalue weighted by atomic mass is 32.1. The molecule has 0 fully saturated rings. The van der Waals surface area contributed by atoms with E-state index in [-0.39, 0.29) is 5.91 Å². The molecular formula is C29H28N3O4S+. The van der Waals surface area contributed by atoms with E-state index in [9.17, 15) is 9.59 Å². The van der Waals surface area contributed by atoms with Crippen LogP contribution in [0.15, 0.2) is 60.7 Å². The molecular weight excluding hydrogens is 486 g/mol. The second-order valence-corrected chi connectivity index (χ2v) is 10.6. The van der Waals surface area contributed by atoms with Crippen molar-refractivity contribution in [1.82, 2.24) is 5.32 Å². The van der Waals surface area contributed by atoms with Crippen LogP contribution in [0.5, 0.6) is 11.5 Å². The Balaban J connectivity index is 1.27. The number of nitrogens with one attached hydrogen (secondary N) is 3. The number of thiophene rings is 1. The van der Waals surface area contributed by atoms with E-state index in [4.69, 9.17) is 9.47 Å². The topological polar surface area (TPSA) is 81.1 Å². The fourth-order valence-electron chi connectivity index (χ4n) is 5.11. The fourth-order valence-corrected chi connectivity index (χ4v) is 6.50. The molecule has 3 aromatic carbocycles. The number of benzene rings is 3. The van der Waals surface area contributed by atoms with Gasteiger partial charge in [-0.05, 0) is 47.0 Å². The molecule has 8 heteroatoms. The van der Waals surface area contributed by atoms with Crippen LogP contribution in [-0.2, 0) is 13.0 Å². The van der Waals surface area contributed by atoms with Gasteiger partial charge in [-0.3, -0.25) is 4.79 Å². The Morgan fingerprint density at radius 2 is 1.92 bits per heavy atom. The number of hydrogen-bond donors (Lipinski definition) is 3. The summed E-state index contributed by atoms with van der Waals surface area (Å²) in [6.45, 7) is 4.26. The maximum absolute atomic E-state index is 13.1. The quantitative estimate of drug-likeness (QED) is 0.278. The van der Waals surface area contributed by atoms with Crippen LogP contribution in [0.4, 0.5) is 5.00 Å². The zero-order valence-electron chi connectivity index (χ0n) is 20.7. The van der Waals surface area contributed by atoms with Gasteiger partial charge in [0.1, 0.15) is 17.7 Å². The molecule has 0 saturated heterocycles. The highest BCUT2D eigenvalue weighted by Crippen LogP contribution is 2.40. The number of rotatable bonds is 5. The van der Waals surface area contributed by atoms with Gasteiger partial charge < -0.3 is 25.0 Å². The lowest BCUT2D eigenvalue weighted by Gasteiger charge is -2.27. The summed E-state index contributed by atoms with van der Waals surface area (Å²) in [5.41, 5.74) is 3.28. The molecule has 2 aliphatic heterocycles. The number of ether oxygens (including phenoxy) is 2. The third-order valence-electron chi connectivity index (χ3n) is 6.95. The highest BCUT2D eigenvalue weighted by molar-refractivity contribution is 7.16. The molecule has 2 aliphatic rings.